The number of halogens is 2. The number of pyridine rings is 1. The molecule has 1 aromatic carbocycles. The Morgan fingerprint density at radius 2 is 2.05 bits per heavy atom. The first-order valence-electron chi connectivity index (χ1n) is 5.26. The molecule has 0 bridgehead atoms. The van der Waals surface area contributed by atoms with E-state index in [0.29, 0.717) is 10.0 Å². The SMILES string of the molecule is O=c1ccc([N+](=O)[O-])cn1Cc1ccc(F)cc1Br. The van der Waals surface area contributed by atoms with Gasteiger partial charge in [-0.1, -0.05) is 22.0 Å². The Morgan fingerprint density at radius 1 is 1.32 bits per heavy atom. The fourth-order valence-electron chi connectivity index (χ4n) is 1.58. The number of nitro groups is 1. The van der Waals surface area contributed by atoms with Crippen molar-refractivity contribution in [3.63, 3.8) is 0 Å². The topological polar surface area (TPSA) is 65.1 Å². The third-order valence-electron chi connectivity index (χ3n) is 2.53. The molecule has 0 atom stereocenters. The molecule has 0 fully saturated rings. The minimum atomic E-state index is -0.574. The summed E-state index contributed by atoms with van der Waals surface area (Å²) in [6, 6.07) is 6.35. The Morgan fingerprint density at radius 3 is 2.68 bits per heavy atom. The summed E-state index contributed by atoms with van der Waals surface area (Å²) in [5.74, 6) is -0.401. The van der Waals surface area contributed by atoms with Crippen LogP contribution in [-0.4, -0.2) is 9.49 Å². The first-order valence-corrected chi connectivity index (χ1v) is 6.05. The van der Waals surface area contributed by atoms with E-state index in [1.165, 1.54) is 22.8 Å². The summed E-state index contributed by atoms with van der Waals surface area (Å²) < 4.78 is 14.7. The van der Waals surface area contributed by atoms with Crippen molar-refractivity contribution < 1.29 is 9.31 Å². The van der Waals surface area contributed by atoms with Crippen LogP contribution in [0.1, 0.15) is 5.56 Å². The van der Waals surface area contributed by atoms with Gasteiger partial charge in [-0.25, -0.2) is 4.39 Å². The lowest BCUT2D eigenvalue weighted by molar-refractivity contribution is -0.385. The lowest BCUT2D eigenvalue weighted by Crippen LogP contribution is -2.19. The summed E-state index contributed by atoms with van der Waals surface area (Å²) in [6.07, 6.45) is 1.16. The van der Waals surface area contributed by atoms with Gasteiger partial charge < -0.3 is 4.57 Å². The standard InChI is InChI=1S/C12H8BrFN2O3/c13-11-5-9(14)2-1-8(11)6-15-7-10(16(18)19)3-4-12(15)17/h1-5,7H,6H2. The molecule has 0 spiro atoms. The number of rotatable bonds is 3. The molecule has 1 heterocycles. The molecule has 0 aliphatic heterocycles. The zero-order valence-corrected chi connectivity index (χ0v) is 11.1. The summed E-state index contributed by atoms with van der Waals surface area (Å²) in [6.45, 7) is 0.126. The van der Waals surface area contributed by atoms with Crippen LogP contribution in [0.5, 0.6) is 0 Å². The van der Waals surface area contributed by atoms with Gasteiger partial charge in [0.15, 0.2) is 0 Å². The van der Waals surface area contributed by atoms with Crippen LogP contribution in [0.15, 0.2) is 45.8 Å². The third kappa shape index (κ3) is 3.05. The minimum Gasteiger partial charge on any atom is -0.304 e. The molecule has 7 heteroatoms. The highest BCUT2D eigenvalue weighted by molar-refractivity contribution is 9.10. The van der Waals surface area contributed by atoms with Crippen molar-refractivity contribution in [1.82, 2.24) is 4.57 Å². The number of hydrogen-bond acceptors (Lipinski definition) is 3. The molecule has 98 valence electrons. The monoisotopic (exact) mass is 326 g/mol. The molecule has 0 aliphatic carbocycles. The molecule has 0 amide bonds. The average Bonchev–Trinajstić information content (AvgIpc) is 2.34. The average molecular weight is 327 g/mol. The van der Waals surface area contributed by atoms with E-state index >= 15 is 0 Å². The van der Waals surface area contributed by atoms with Gasteiger partial charge in [0, 0.05) is 16.6 Å². The Hall–Kier alpha value is -2.02. The Balaban J connectivity index is 2.40. The molecule has 0 saturated carbocycles. The van der Waals surface area contributed by atoms with E-state index in [1.807, 2.05) is 0 Å². The van der Waals surface area contributed by atoms with Gasteiger partial charge in [0.25, 0.3) is 11.2 Å². The highest BCUT2D eigenvalue weighted by Gasteiger charge is 2.09. The molecule has 2 aromatic rings. The smallest absolute Gasteiger partial charge is 0.285 e. The summed E-state index contributed by atoms with van der Waals surface area (Å²) in [4.78, 5) is 21.7. The molecule has 19 heavy (non-hydrogen) atoms. The maximum atomic E-state index is 12.9. The molecule has 5 nitrogen and oxygen atoms in total. The Labute approximate surface area is 115 Å². The molecule has 1 aromatic heterocycles. The second-order valence-electron chi connectivity index (χ2n) is 3.85. The second-order valence-corrected chi connectivity index (χ2v) is 4.70. The highest BCUT2D eigenvalue weighted by atomic mass is 79.9. The zero-order chi connectivity index (χ0) is 14.0. The molecule has 0 N–H and O–H groups in total. The van der Waals surface area contributed by atoms with E-state index in [-0.39, 0.29) is 17.8 Å². The van der Waals surface area contributed by atoms with E-state index in [1.54, 1.807) is 0 Å². The molecular weight excluding hydrogens is 319 g/mol. The largest absolute Gasteiger partial charge is 0.304 e. The Bertz CT molecular complexity index is 700. The maximum absolute atomic E-state index is 12.9. The van der Waals surface area contributed by atoms with Gasteiger partial charge in [0.1, 0.15) is 5.82 Å². The van der Waals surface area contributed by atoms with Crippen LogP contribution in [0, 0.1) is 15.9 Å². The second kappa shape index (κ2) is 5.31. The van der Waals surface area contributed by atoms with E-state index < -0.39 is 10.7 Å². The summed E-state index contributed by atoms with van der Waals surface area (Å²) in [5, 5.41) is 10.7. The fourth-order valence-corrected chi connectivity index (χ4v) is 2.06. The fraction of sp³-hybridized carbons (Fsp3) is 0.0833. The van der Waals surface area contributed by atoms with Gasteiger partial charge in [-0.15, -0.1) is 0 Å². The molecule has 0 saturated heterocycles. The van der Waals surface area contributed by atoms with Crippen molar-refractivity contribution >= 4 is 21.6 Å². The number of aromatic nitrogens is 1. The van der Waals surface area contributed by atoms with Crippen molar-refractivity contribution in [3.8, 4) is 0 Å². The van der Waals surface area contributed by atoms with Crippen molar-refractivity contribution in [2.75, 3.05) is 0 Å². The maximum Gasteiger partial charge on any atom is 0.285 e. The first kappa shape index (κ1) is 13.4. The summed E-state index contributed by atoms with van der Waals surface area (Å²) >= 11 is 3.19. The van der Waals surface area contributed by atoms with Gasteiger partial charge in [0.05, 0.1) is 17.7 Å². The van der Waals surface area contributed by atoms with Crippen LogP contribution in [0.25, 0.3) is 0 Å². The van der Waals surface area contributed by atoms with Crippen LogP contribution in [0.3, 0.4) is 0 Å². The molecule has 0 unspecified atom stereocenters. The molecule has 0 aliphatic rings. The first-order chi connectivity index (χ1) is 8.97. The Kier molecular flexibility index (Phi) is 3.75. The van der Waals surface area contributed by atoms with Crippen molar-refractivity contribution in [2.45, 2.75) is 6.54 Å². The lowest BCUT2D eigenvalue weighted by Gasteiger charge is -2.07. The van der Waals surface area contributed by atoms with Crippen molar-refractivity contribution in [3.05, 3.63) is 72.9 Å². The normalized spacial score (nSPS) is 10.4. The lowest BCUT2D eigenvalue weighted by atomic mass is 10.2. The molecule has 0 radical (unpaired) electrons. The van der Waals surface area contributed by atoms with Gasteiger partial charge >= 0.3 is 0 Å². The molecular formula is C12H8BrFN2O3. The predicted octanol–water partition coefficient (Wildman–Crippen LogP) is 2.71. The van der Waals surface area contributed by atoms with E-state index in [4.69, 9.17) is 0 Å². The van der Waals surface area contributed by atoms with Crippen LogP contribution in [-0.2, 0) is 6.54 Å². The zero-order valence-electron chi connectivity index (χ0n) is 9.55. The summed E-state index contributed by atoms with van der Waals surface area (Å²) in [7, 11) is 0. The third-order valence-corrected chi connectivity index (χ3v) is 3.27. The van der Waals surface area contributed by atoms with Crippen LogP contribution in [0.4, 0.5) is 10.1 Å². The number of benzene rings is 1. The van der Waals surface area contributed by atoms with Crippen molar-refractivity contribution in [2.24, 2.45) is 0 Å². The highest BCUT2D eigenvalue weighted by Crippen LogP contribution is 2.19. The molecule has 2 rings (SSSR count). The van der Waals surface area contributed by atoms with Gasteiger partial charge in [-0.2, -0.15) is 0 Å². The predicted molar refractivity (Wildman–Crippen MR) is 70.6 cm³/mol. The summed E-state index contributed by atoms with van der Waals surface area (Å²) in [5.41, 5.74) is 0.128. The van der Waals surface area contributed by atoms with Crippen LogP contribution >= 0.6 is 15.9 Å². The minimum absolute atomic E-state index is 0.126. The van der Waals surface area contributed by atoms with E-state index in [2.05, 4.69) is 15.9 Å². The van der Waals surface area contributed by atoms with Crippen LogP contribution < -0.4 is 5.56 Å². The van der Waals surface area contributed by atoms with E-state index in [9.17, 15) is 19.3 Å². The quantitative estimate of drug-likeness (QED) is 0.643. The van der Waals surface area contributed by atoms with Crippen molar-refractivity contribution in [1.29, 1.82) is 0 Å². The van der Waals surface area contributed by atoms with Crippen LogP contribution in [0.2, 0.25) is 0 Å². The van der Waals surface area contributed by atoms with E-state index in [0.717, 1.165) is 18.3 Å². The van der Waals surface area contributed by atoms with Gasteiger partial charge in [-0.05, 0) is 17.7 Å². The van der Waals surface area contributed by atoms with Gasteiger partial charge in [-0.3, -0.25) is 14.9 Å². The number of nitrogens with zero attached hydrogens (tertiary/aromatic N) is 2. The number of hydrogen-bond donors (Lipinski definition) is 0. The van der Waals surface area contributed by atoms with Gasteiger partial charge in [0.2, 0.25) is 0 Å².